The molecule has 1 aliphatic heterocycles. The third-order valence-corrected chi connectivity index (χ3v) is 6.06. The first-order valence-corrected chi connectivity index (χ1v) is 10.5. The number of benzene rings is 1. The number of hydrogen-bond donors (Lipinski definition) is 1. The lowest BCUT2D eigenvalue weighted by Crippen LogP contribution is -2.39. The lowest BCUT2D eigenvalue weighted by atomic mass is 10.0. The Morgan fingerprint density at radius 1 is 1.21 bits per heavy atom. The Hall–Kier alpha value is -2.21. The van der Waals surface area contributed by atoms with Crippen LogP contribution in [-0.2, 0) is 12.8 Å². The highest BCUT2D eigenvalue weighted by Gasteiger charge is 2.27. The lowest BCUT2D eigenvalue weighted by molar-refractivity contribution is 0.0942. The van der Waals surface area contributed by atoms with Gasteiger partial charge in [0.05, 0.1) is 5.69 Å². The van der Waals surface area contributed by atoms with Crippen LogP contribution in [0.15, 0.2) is 24.3 Å². The van der Waals surface area contributed by atoms with Gasteiger partial charge < -0.3 is 10.2 Å². The fourth-order valence-electron chi connectivity index (χ4n) is 4.47. The number of carbonyl (C=O) groups is 1. The van der Waals surface area contributed by atoms with E-state index in [0.29, 0.717) is 18.3 Å². The SMILES string of the molecule is CC1CCCCN1CCCNC(=O)c1nn(-c2ccc(F)cc2)c2c1CCC2. The zero-order valence-corrected chi connectivity index (χ0v) is 16.6. The van der Waals surface area contributed by atoms with Crippen molar-refractivity contribution in [3.63, 3.8) is 0 Å². The minimum absolute atomic E-state index is 0.0919. The maximum Gasteiger partial charge on any atom is 0.272 e. The molecule has 1 aliphatic carbocycles. The zero-order valence-electron chi connectivity index (χ0n) is 16.6. The summed E-state index contributed by atoms with van der Waals surface area (Å²) in [5.41, 5.74) is 3.46. The van der Waals surface area contributed by atoms with Crippen molar-refractivity contribution in [3.05, 3.63) is 47.0 Å². The number of nitrogens with zero attached hydrogens (tertiary/aromatic N) is 3. The minimum atomic E-state index is -0.270. The van der Waals surface area contributed by atoms with Crippen molar-refractivity contribution < 1.29 is 9.18 Å². The molecule has 150 valence electrons. The third-order valence-electron chi connectivity index (χ3n) is 6.06. The first kappa shape index (κ1) is 19.1. The smallest absolute Gasteiger partial charge is 0.272 e. The average molecular weight is 384 g/mol. The number of likely N-dealkylation sites (tertiary alicyclic amines) is 1. The summed E-state index contributed by atoms with van der Waals surface area (Å²) < 4.78 is 15.1. The maximum absolute atomic E-state index is 13.2. The summed E-state index contributed by atoms with van der Waals surface area (Å²) in [4.78, 5) is 15.3. The lowest BCUT2D eigenvalue weighted by Gasteiger charge is -2.33. The predicted octanol–water partition coefficient (Wildman–Crippen LogP) is 3.49. The second-order valence-electron chi connectivity index (χ2n) is 8.01. The van der Waals surface area contributed by atoms with E-state index in [4.69, 9.17) is 0 Å². The van der Waals surface area contributed by atoms with Crippen molar-refractivity contribution in [1.29, 1.82) is 0 Å². The first-order chi connectivity index (χ1) is 13.6. The van der Waals surface area contributed by atoms with Crippen molar-refractivity contribution in [3.8, 4) is 5.69 Å². The second kappa shape index (κ2) is 8.43. The van der Waals surface area contributed by atoms with E-state index in [-0.39, 0.29) is 11.7 Å². The van der Waals surface area contributed by atoms with Crippen LogP contribution in [0.25, 0.3) is 5.69 Å². The molecule has 2 aliphatic rings. The van der Waals surface area contributed by atoms with Gasteiger partial charge in [-0.15, -0.1) is 0 Å². The van der Waals surface area contributed by atoms with Crippen LogP contribution < -0.4 is 5.32 Å². The Labute approximate surface area is 165 Å². The molecule has 1 aromatic carbocycles. The fraction of sp³-hybridized carbons (Fsp3) is 0.545. The monoisotopic (exact) mass is 384 g/mol. The summed E-state index contributed by atoms with van der Waals surface area (Å²) in [5.74, 6) is -0.362. The summed E-state index contributed by atoms with van der Waals surface area (Å²) in [5, 5.41) is 7.64. The van der Waals surface area contributed by atoms with Gasteiger partial charge in [0.25, 0.3) is 5.91 Å². The van der Waals surface area contributed by atoms with Gasteiger partial charge in [-0.05, 0) is 76.3 Å². The maximum atomic E-state index is 13.2. The van der Waals surface area contributed by atoms with E-state index in [1.54, 1.807) is 12.1 Å². The van der Waals surface area contributed by atoms with Crippen molar-refractivity contribution in [2.45, 2.75) is 57.9 Å². The van der Waals surface area contributed by atoms with E-state index in [0.717, 1.165) is 49.2 Å². The Kier molecular flexibility index (Phi) is 5.76. The molecule has 0 bridgehead atoms. The van der Waals surface area contributed by atoms with Crippen LogP contribution in [0.2, 0.25) is 0 Å². The Morgan fingerprint density at radius 3 is 2.82 bits per heavy atom. The van der Waals surface area contributed by atoms with Crippen LogP contribution in [0.3, 0.4) is 0 Å². The van der Waals surface area contributed by atoms with Gasteiger partial charge in [0.15, 0.2) is 5.69 Å². The standard InChI is InChI=1S/C22H29FN4O/c1-16-6-2-3-14-26(16)15-5-13-24-22(28)21-19-7-4-8-20(19)27(25-21)18-11-9-17(23)10-12-18/h9-12,16H,2-8,13-15H2,1H3,(H,24,28). The molecule has 28 heavy (non-hydrogen) atoms. The second-order valence-corrected chi connectivity index (χ2v) is 8.01. The van der Waals surface area contributed by atoms with Gasteiger partial charge in [-0.25, -0.2) is 9.07 Å². The molecule has 0 saturated carbocycles. The molecular weight excluding hydrogens is 355 g/mol. The van der Waals surface area contributed by atoms with Crippen molar-refractivity contribution in [2.24, 2.45) is 0 Å². The van der Waals surface area contributed by atoms with Crippen LogP contribution in [0.5, 0.6) is 0 Å². The molecule has 2 aromatic rings. The number of fused-ring (bicyclic) bond motifs is 1. The number of nitrogens with one attached hydrogen (secondary N) is 1. The molecule has 1 N–H and O–H groups in total. The molecule has 2 heterocycles. The molecular formula is C22H29FN4O. The Balaban J connectivity index is 1.39. The van der Waals surface area contributed by atoms with E-state index in [9.17, 15) is 9.18 Å². The summed E-state index contributed by atoms with van der Waals surface area (Å²) in [6.07, 6.45) is 7.65. The summed E-state index contributed by atoms with van der Waals surface area (Å²) >= 11 is 0. The largest absolute Gasteiger partial charge is 0.351 e. The third kappa shape index (κ3) is 3.97. The van der Waals surface area contributed by atoms with E-state index in [2.05, 4.69) is 22.2 Å². The molecule has 1 amide bonds. The number of halogens is 1. The van der Waals surface area contributed by atoms with Crippen LogP contribution >= 0.6 is 0 Å². The number of carbonyl (C=O) groups excluding carboxylic acids is 1. The first-order valence-electron chi connectivity index (χ1n) is 10.5. The van der Waals surface area contributed by atoms with Gasteiger partial charge in [0, 0.05) is 30.4 Å². The quantitative estimate of drug-likeness (QED) is 0.776. The van der Waals surface area contributed by atoms with Gasteiger partial charge in [-0.1, -0.05) is 6.42 Å². The van der Waals surface area contributed by atoms with Crippen molar-refractivity contribution in [2.75, 3.05) is 19.6 Å². The topological polar surface area (TPSA) is 50.2 Å². The number of hydrogen-bond acceptors (Lipinski definition) is 3. The Morgan fingerprint density at radius 2 is 2.04 bits per heavy atom. The molecule has 1 fully saturated rings. The van der Waals surface area contributed by atoms with Gasteiger partial charge in [-0.3, -0.25) is 4.79 Å². The molecule has 0 spiro atoms. The molecule has 0 radical (unpaired) electrons. The summed E-state index contributed by atoms with van der Waals surface area (Å²) in [7, 11) is 0. The molecule has 6 heteroatoms. The predicted molar refractivity (Wildman–Crippen MR) is 107 cm³/mol. The van der Waals surface area contributed by atoms with Gasteiger partial charge >= 0.3 is 0 Å². The molecule has 1 unspecified atom stereocenters. The number of piperidine rings is 1. The summed E-state index contributed by atoms with van der Waals surface area (Å²) in [6, 6.07) is 6.93. The number of aromatic nitrogens is 2. The van der Waals surface area contributed by atoms with Gasteiger partial charge in [-0.2, -0.15) is 5.10 Å². The van der Waals surface area contributed by atoms with Crippen LogP contribution in [0.4, 0.5) is 4.39 Å². The Bertz CT molecular complexity index is 830. The van der Waals surface area contributed by atoms with Crippen LogP contribution in [0, 0.1) is 5.82 Å². The van der Waals surface area contributed by atoms with E-state index < -0.39 is 0 Å². The highest BCUT2D eigenvalue weighted by molar-refractivity contribution is 5.94. The average Bonchev–Trinajstić information content (AvgIpc) is 3.30. The van der Waals surface area contributed by atoms with E-state index in [1.165, 1.54) is 37.9 Å². The van der Waals surface area contributed by atoms with Crippen LogP contribution in [0.1, 0.15) is 60.8 Å². The van der Waals surface area contributed by atoms with Crippen molar-refractivity contribution >= 4 is 5.91 Å². The molecule has 1 saturated heterocycles. The van der Waals surface area contributed by atoms with Crippen LogP contribution in [-0.4, -0.2) is 46.3 Å². The number of amides is 1. The molecule has 4 rings (SSSR count). The number of rotatable bonds is 6. The van der Waals surface area contributed by atoms with Crippen molar-refractivity contribution in [1.82, 2.24) is 20.0 Å². The molecule has 1 aromatic heterocycles. The van der Waals surface area contributed by atoms with Gasteiger partial charge in [0.2, 0.25) is 0 Å². The molecule has 1 atom stereocenters. The minimum Gasteiger partial charge on any atom is -0.351 e. The fourth-order valence-corrected chi connectivity index (χ4v) is 4.47. The van der Waals surface area contributed by atoms with E-state index in [1.807, 2.05) is 4.68 Å². The highest BCUT2D eigenvalue weighted by Crippen LogP contribution is 2.28. The normalized spacial score (nSPS) is 19.6. The van der Waals surface area contributed by atoms with Gasteiger partial charge in [0.1, 0.15) is 5.82 Å². The van der Waals surface area contributed by atoms with E-state index >= 15 is 0 Å². The summed E-state index contributed by atoms with van der Waals surface area (Å²) in [6.45, 7) is 5.16. The highest BCUT2D eigenvalue weighted by atomic mass is 19.1. The molecule has 5 nitrogen and oxygen atoms in total. The zero-order chi connectivity index (χ0) is 19.5.